The number of aryl methyl sites for hydroxylation is 1. The molecule has 1 heterocycles. The molecule has 2 rings (SSSR count). The summed E-state index contributed by atoms with van der Waals surface area (Å²) >= 11 is 13.1. The van der Waals surface area contributed by atoms with E-state index in [4.69, 9.17) is 23.2 Å². The van der Waals surface area contributed by atoms with Crippen LogP contribution in [0.5, 0.6) is 0 Å². The Morgan fingerprint density at radius 1 is 1.21 bits per heavy atom. The Kier molecular flexibility index (Phi) is 4.79. The molecule has 100 valence electrons. The van der Waals surface area contributed by atoms with Crippen LogP contribution in [0.15, 0.2) is 35.2 Å². The fourth-order valence-corrected chi connectivity index (χ4v) is 3.77. The SMILES string of the molecule is Cc1ccc(C(=O)CS(=O)c2ccc(Cl)c(Cl)c2)s1. The van der Waals surface area contributed by atoms with Gasteiger partial charge in [-0.3, -0.25) is 9.00 Å². The number of hydrogen-bond donors (Lipinski definition) is 0. The fourth-order valence-electron chi connectivity index (χ4n) is 1.48. The van der Waals surface area contributed by atoms with Crippen LogP contribution < -0.4 is 0 Å². The topological polar surface area (TPSA) is 34.1 Å². The minimum atomic E-state index is -1.41. The highest BCUT2D eigenvalue weighted by molar-refractivity contribution is 7.85. The Morgan fingerprint density at radius 2 is 1.95 bits per heavy atom. The smallest absolute Gasteiger partial charge is 0.185 e. The van der Waals surface area contributed by atoms with Crippen molar-refractivity contribution >= 4 is 51.1 Å². The molecule has 0 N–H and O–H groups in total. The highest BCUT2D eigenvalue weighted by Gasteiger charge is 2.14. The van der Waals surface area contributed by atoms with Crippen LogP contribution in [0.3, 0.4) is 0 Å². The highest BCUT2D eigenvalue weighted by Crippen LogP contribution is 2.24. The maximum Gasteiger partial charge on any atom is 0.185 e. The average molecular weight is 333 g/mol. The van der Waals surface area contributed by atoms with Crippen LogP contribution in [-0.4, -0.2) is 15.7 Å². The number of rotatable bonds is 4. The van der Waals surface area contributed by atoms with Gasteiger partial charge in [0.1, 0.15) is 0 Å². The molecule has 0 saturated heterocycles. The maximum absolute atomic E-state index is 12.1. The summed E-state index contributed by atoms with van der Waals surface area (Å²) in [7, 11) is -1.41. The van der Waals surface area contributed by atoms with Gasteiger partial charge in [-0.2, -0.15) is 0 Å². The molecule has 0 saturated carbocycles. The zero-order chi connectivity index (χ0) is 14.0. The maximum atomic E-state index is 12.1. The van der Waals surface area contributed by atoms with Crippen LogP contribution in [0.25, 0.3) is 0 Å². The predicted molar refractivity (Wildman–Crippen MR) is 81.1 cm³/mol. The van der Waals surface area contributed by atoms with Crippen LogP contribution in [-0.2, 0) is 10.8 Å². The second-order valence-corrected chi connectivity index (χ2v) is 7.45. The van der Waals surface area contributed by atoms with E-state index in [1.165, 1.54) is 17.4 Å². The summed E-state index contributed by atoms with van der Waals surface area (Å²) in [4.78, 5) is 14.2. The standard InChI is InChI=1S/C13H10Cl2O2S2/c1-8-2-5-13(18-8)12(16)7-19(17)9-3-4-10(14)11(15)6-9/h2-6H,7H2,1H3. The van der Waals surface area contributed by atoms with Gasteiger partial charge in [0, 0.05) is 9.77 Å². The molecule has 6 heteroatoms. The van der Waals surface area contributed by atoms with Gasteiger partial charge in [0.05, 0.1) is 31.5 Å². The van der Waals surface area contributed by atoms with Gasteiger partial charge in [-0.05, 0) is 37.3 Å². The van der Waals surface area contributed by atoms with Gasteiger partial charge >= 0.3 is 0 Å². The van der Waals surface area contributed by atoms with Crippen molar-refractivity contribution in [1.29, 1.82) is 0 Å². The molecule has 0 aliphatic rings. The van der Waals surface area contributed by atoms with E-state index < -0.39 is 10.8 Å². The third-order valence-electron chi connectivity index (χ3n) is 2.43. The lowest BCUT2D eigenvalue weighted by atomic mass is 10.3. The number of Topliss-reactive ketones (excluding diaryl/α,β-unsaturated/α-hetero) is 1. The zero-order valence-corrected chi connectivity index (χ0v) is 13.1. The average Bonchev–Trinajstić information content (AvgIpc) is 2.79. The number of thiophene rings is 1. The van der Waals surface area contributed by atoms with Crippen molar-refractivity contribution in [1.82, 2.24) is 0 Å². The molecular weight excluding hydrogens is 323 g/mol. The number of ketones is 1. The molecule has 0 spiro atoms. The quantitative estimate of drug-likeness (QED) is 0.780. The van der Waals surface area contributed by atoms with Crippen molar-refractivity contribution in [3.8, 4) is 0 Å². The van der Waals surface area contributed by atoms with Crippen LogP contribution in [0, 0.1) is 6.92 Å². The van der Waals surface area contributed by atoms with Crippen LogP contribution >= 0.6 is 34.5 Å². The van der Waals surface area contributed by atoms with Crippen molar-refractivity contribution < 1.29 is 9.00 Å². The number of hydrogen-bond acceptors (Lipinski definition) is 3. The molecule has 2 aromatic rings. The van der Waals surface area contributed by atoms with E-state index in [-0.39, 0.29) is 11.5 Å². The lowest BCUT2D eigenvalue weighted by molar-refractivity contribution is 0.102. The van der Waals surface area contributed by atoms with Crippen LogP contribution in [0.1, 0.15) is 14.5 Å². The van der Waals surface area contributed by atoms with Crippen molar-refractivity contribution in [2.75, 3.05) is 5.75 Å². The summed E-state index contributed by atoms with van der Waals surface area (Å²) in [5.41, 5.74) is 0. The summed E-state index contributed by atoms with van der Waals surface area (Å²) in [6.45, 7) is 1.93. The lowest BCUT2D eigenvalue weighted by Gasteiger charge is -2.02. The largest absolute Gasteiger partial charge is 0.292 e. The van der Waals surface area contributed by atoms with E-state index in [0.717, 1.165) is 4.88 Å². The van der Waals surface area contributed by atoms with Gasteiger partial charge in [0.25, 0.3) is 0 Å². The first kappa shape index (κ1) is 14.7. The number of benzene rings is 1. The Balaban J connectivity index is 2.12. The summed E-state index contributed by atoms with van der Waals surface area (Å²) in [6, 6.07) is 8.37. The van der Waals surface area contributed by atoms with Gasteiger partial charge in [-0.15, -0.1) is 11.3 Å². The van der Waals surface area contributed by atoms with E-state index in [9.17, 15) is 9.00 Å². The Hall–Kier alpha value is -0.680. The van der Waals surface area contributed by atoms with Gasteiger partial charge in [0.15, 0.2) is 5.78 Å². The van der Waals surface area contributed by atoms with Crippen LogP contribution in [0.2, 0.25) is 10.0 Å². The molecule has 2 nitrogen and oxygen atoms in total. The first-order valence-electron chi connectivity index (χ1n) is 5.40. The summed E-state index contributed by atoms with van der Waals surface area (Å²) in [5, 5.41) is 0.745. The Labute approximate surface area is 127 Å². The second kappa shape index (κ2) is 6.18. The molecule has 0 fully saturated rings. The van der Waals surface area contributed by atoms with E-state index in [1.807, 2.05) is 13.0 Å². The lowest BCUT2D eigenvalue weighted by Crippen LogP contribution is -2.09. The molecule has 19 heavy (non-hydrogen) atoms. The van der Waals surface area contributed by atoms with Gasteiger partial charge in [-0.1, -0.05) is 23.2 Å². The molecule has 1 atom stereocenters. The minimum Gasteiger partial charge on any atom is -0.292 e. The highest BCUT2D eigenvalue weighted by atomic mass is 35.5. The molecule has 0 aliphatic carbocycles. The third-order valence-corrected chi connectivity index (χ3v) is 5.52. The summed E-state index contributed by atoms with van der Waals surface area (Å²) in [5.74, 6) is -0.166. The Bertz CT molecular complexity index is 650. The molecule has 0 bridgehead atoms. The Morgan fingerprint density at radius 3 is 2.53 bits per heavy atom. The third kappa shape index (κ3) is 3.66. The minimum absolute atomic E-state index is 0.0437. The van der Waals surface area contributed by atoms with E-state index in [1.54, 1.807) is 18.2 Å². The summed E-state index contributed by atoms with van der Waals surface area (Å²) in [6.07, 6.45) is 0. The normalized spacial score (nSPS) is 12.4. The van der Waals surface area contributed by atoms with Gasteiger partial charge < -0.3 is 0 Å². The van der Waals surface area contributed by atoms with E-state index in [0.29, 0.717) is 19.8 Å². The predicted octanol–water partition coefficient (Wildman–Crippen LogP) is 4.35. The molecule has 0 aliphatic heterocycles. The molecule has 1 aromatic heterocycles. The fraction of sp³-hybridized carbons (Fsp3) is 0.154. The summed E-state index contributed by atoms with van der Waals surface area (Å²) < 4.78 is 12.1. The number of halogens is 2. The van der Waals surface area contributed by atoms with Gasteiger partial charge in [-0.25, -0.2) is 0 Å². The molecular formula is C13H10Cl2O2S2. The molecule has 1 unspecified atom stereocenters. The molecule has 0 amide bonds. The van der Waals surface area contributed by atoms with Gasteiger partial charge in [0.2, 0.25) is 0 Å². The zero-order valence-electron chi connectivity index (χ0n) is 9.98. The second-order valence-electron chi connectivity index (χ2n) is 3.90. The number of carbonyl (C=O) groups excluding carboxylic acids is 1. The first-order valence-corrected chi connectivity index (χ1v) is 8.29. The molecule has 0 radical (unpaired) electrons. The van der Waals surface area contributed by atoms with E-state index in [2.05, 4.69) is 0 Å². The monoisotopic (exact) mass is 332 g/mol. The van der Waals surface area contributed by atoms with Crippen molar-refractivity contribution in [3.05, 3.63) is 50.1 Å². The van der Waals surface area contributed by atoms with Crippen LogP contribution in [0.4, 0.5) is 0 Å². The van der Waals surface area contributed by atoms with Crippen molar-refractivity contribution in [2.24, 2.45) is 0 Å². The molecule has 1 aromatic carbocycles. The van der Waals surface area contributed by atoms with Crippen molar-refractivity contribution in [2.45, 2.75) is 11.8 Å². The van der Waals surface area contributed by atoms with Crippen molar-refractivity contribution in [3.63, 3.8) is 0 Å². The van der Waals surface area contributed by atoms with E-state index >= 15 is 0 Å². The number of carbonyl (C=O) groups is 1. The first-order chi connectivity index (χ1) is 8.97.